The van der Waals surface area contributed by atoms with Gasteiger partial charge in [0.2, 0.25) is 0 Å². The van der Waals surface area contributed by atoms with Crippen LogP contribution in [-0.4, -0.2) is 66.8 Å². The second-order valence-electron chi connectivity index (χ2n) is 7.23. The van der Waals surface area contributed by atoms with Crippen LogP contribution in [0.1, 0.15) is 11.1 Å². The zero-order valence-corrected chi connectivity index (χ0v) is 19.1. The summed E-state index contributed by atoms with van der Waals surface area (Å²) in [5.74, 6) is 1.45. The third-order valence-electron chi connectivity index (χ3n) is 4.96. The molecule has 2 saturated heterocycles. The number of methoxy groups -OCH3 is 2. The maximum atomic E-state index is 12.4. The molecule has 0 radical (unpaired) electrons. The van der Waals surface area contributed by atoms with Crippen LogP contribution in [0.4, 0.5) is 10.1 Å². The Labute approximate surface area is 185 Å². The van der Waals surface area contributed by atoms with Crippen LogP contribution < -0.4 is 19.7 Å². The molecule has 2 aliphatic heterocycles. The molecule has 2 aliphatic rings. The minimum atomic E-state index is -0.224. The smallest absolute Gasteiger partial charge is 0.123 e. The molecule has 2 aromatic carbocycles. The number of anilines is 1. The van der Waals surface area contributed by atoms with Crippen LogP contribution in [-0.2, 0) is 9.47 Å². The first-order valence-corrected chi connectivity index (χ1v) is 10.6. The van der Waals surface area contributed by atoms with Crippen LogP contribution >= 0.6 is 0 Å². The van der Waals surface area contributed by atoms with Crippen molar-refractivity contribution >= 4 is 5.69 Å². The molecule has 0 amide bonds. The molecule has 2 fully saturated rings. The molecule has 0 aromatic heterocycles. The van der Waals surface area contributed by atoms with Gasteiger partial charge in [0.05, 0.1) is 40.6 Å². The van der Waals surface area contributed by atoms with Crippen LogP contribution in [0.25, 0.3) is 0 Å². The number of aryl methyl sites for hydroxylation is 2. The summed E-state index contributed by atoms with van der Waals surface area (Å²) in [5, 5.41) is 3.16. The maximum absolute atomic E-state index is 12.4. The summed E-state index contributed by atoms with van der Waals surface area (Å²) in [4.78, 5) is 2.34. The fourth-order valence-electron chi connectivity index (χ4n) is 3.24. The summed E-state index contributed by atoms with van der Waals surface area (Å²) in [5.41, 5.74) is 3.26. The second kappa shape index (κ2) is 13.9. The summed E-state index contributed by atoms with van der Waals surface area (Å²) >= 11 is 0. The van der Waals surface area contributed by atoms with E-state index in [1.54, 1.807) is 20.3 Å². The summed E-state index contributed by atoms with van der Waals surface area (Å²) in [7, 11) is 3.27. The van der Waals surface area contributed by atoms with E-state index in [0.29, 0.717) is 0 Å². The van der Waals surface area contributed by atoms with Crippen LogP contribution in [0, 0.1) is 19.7 Å². The standard InChI is InChI=1S/C12H17NO2.C8H9FO.C4H9NO/c1-10-9-11(3-4-12(10)14-2)13-5-7-15-8-6-13;1-6-5-7(9)3-4-8(6)10-2;1-3-6-4-2-5-1/h3-4,9H,5-8H2,1-2H3;3-5H,1-2H3;5H,1-4H2. The summed E-state index contributed by atoms with van der Waals surface area (Å²) < 4.78 is 32.9. The minimum absolute atomic E-state index is 0.224. The normalized spacial score (nSPS) is 15.7. The van der Waals surface area contributed by atoms with Crippen molar-refractivity contribution in [2.75, 3.05) is 71.7 Å². The number of morpholine rings is 2. The summed E-state index contributed by atoms with van der Waals surface area (Å²) in [6.07, 6.45) is 0. The Morgan fingerprint density at radius 2 is 1.35 bits per heavy atom. The Morgan fingerprint density at radius 3 is 1.81 bits per heavy atom. The zero-order chi connectivity index (χ0) is 22.5. The highest BCUT2D eigenvalue weighted by Gasteiger charge is 2.11. The molecule has 2 aromatic rings. The molecule has 0 spiro atoms. The highest BCUT2D eigenvalue weighted by Crippen LogP contribution is 2.24. The van der Waals surface area contributed by atoms with Gasteiger partial charge in [-0.2, -0.15) is 0 Å². The van der Waals surface area contributed by atoms with Crippen LogP contribution in [0.5, 0.6) is 11.5 Å². The quantitative estimate of drug-likeness (QED) is 0.797. The van der Waals surface area contributed by atoms with Gasteiger partial charge in [-0.05, 0) is 61.4 Å². The van der Waals surface area contributed by atoms with Gasteiger partial charge in [0.15, 0.2) is 0 Å². The number of nitrogens with one attached hydrogen (secondary N) is 1. The Hall–Kier alpha value is -2.35. The first kappa shape index (κ1) is 24.9. The van der Waals surface area contributed by atoms with Crippen molar-refractivity contribution in [3.63, 3.8) is 0 Å². The van der Waals surface area contributed by atoms with Crippen LogP contribution in [0.15, 0.2) is 36.4 Å². The van der Waals surface area contributed by atoms with Gasteiger partial charge in [0, 0.05) is 31.9 Å². The van der Waals surface area contributed by atoms with Crippen molar-refractivity contribution < 1.29 is 23.3 Å². The molecule has 0 aliphatic carbocycles. The van der Waals surface area contributed by atoms with E-state index in [4.69, 9.17) is 18.9 Å². The number of hydrogen-bond acceptors (Lipinski definition) is 6. The largest absolute Gasteiger partial charge is 0.496 e. The molecule has 6 nitrogen and oxygen atoms in total. The Kier molecular flexibility index (Phi) is 11.1. The van der Waals surface area contributed by atoms with Gasteiger partial charge < -0.3 is 29.2 Å². The van der Waals surface area contributed by atoms with Gasteiger partial charge in [-0.3, -0.25) is 0 Å². The fourth-order valence-corrected chi connectivity index (χ4v) is 3.24. The molecular formula is C24H35FN2O4. The third-order valence-corrected chi connectivity index (χ3v) is 4.96. The number of nitrogens with zero attached hydrogens (tertiary/aromatic N) is 1. The molecule has 0 saturated carbocycles. The van der Waals surface area contributed by atoms with Gasteiger partial charge in [-0.25, -0.2) is 4.39 Å². The molecule has 7 heteroatoms. The Bertz CT molecular complexity index is 767. The molecular weight excluding hydrogens is 399 g/mol. The second-order valence-corrected chi connectivity index (χ2v) is 7.23. The van der Waals surface area contributed by atoms with Crippen molar-refractivity contribution in [2.45, 2.75) is 13.8 Å². The lowest BCUT2D eigenvalue weighted by atomic mass is 10.2. The molecule has 0 bridgehead atoms. The maximum Gasteiger partial charge on any atom is 0.123 e. The monoisotopic (exact) mass is 434 g/mol. The minimum Gasteiger partial charge on any atom is -0.496 e. The lowest BCUT2D eigenvalue weighted by Gasteiger charge is -2.29. The molecule has 0 unspecified atom stereocenters. The topological polar surface area (TPSA) is 52.2 Å². The molecule has 31 heavy (non-hydrogen) atoms. The van der Waals surface area contributed by atoms with Crippen LogP contribution in [0.2, 0.25) is 0 Å². The average molecular weight is 435 g/mol. The number of benzene rings is 2. The first-order chi connectivity index (χ1) is 15.0. The highest BCUT2D eigenvalue weighted by molar-refractivity contribution is 5.53. The van der Waals surface area contributed by atoms with Gasteiger partial charge in [0.25, 0.3) is 0 Å². The van der Waals surface area contributed by atoms with E-state index in [0.717, 1.165) is 69.7 Å². The molecule has 172 valence electrons. The van der Waals surface area contributed by atoms with E-state index in [2.05, 4.69) is 29.3 Å². The van der Waals surface area contributed by atoms with E-state index in [1.807, 2.05) is 13.0 Å². The van der Waals surface area contributed by atoms with Crippen molar-refractivity contribution in [3.05, 3.63) is 53.3 Å². The van der Waals surface area contributed by atoms with E-state index >= 15 is 0 Å². The Balaban J connectivity index is 0.000000183. The first-order valence-electron chi connectivity index (χ1n) is 10.6. The molecule has 2 heterocycles. The molecule has 4 rings (SSSR count). The van der Waals surface area contributed by atoms with E-state index in [9.17, 15) is 4.39 Å². The fraction of sp³-hybridized carbons (Fsp3) is 0.500. The highest BCUT2D eigenvalue weighted by atomic mass is 19.1. The average Bonchev–Trinajstić information content (AvgIpc) is 2.82. The molecule has 1 N–H and O–H groups in total. The number of rotatable bonds is 3. The third kappa shape index (κ3) is 8.73. The van der Waals surface area contributed by atoms with Gasteiger partial charge in [-0.15, -0.1) is 0 Å². The lowest BCUT2D eigenvalue weighted by Crippen LogP contribution is -2.36. The summed E-state index contributed by atoms with van der Waals surface area (Å²) in [6, 6.07) is 10.7. The van der Waals surface area contributed by atoms with Gasteiger partial charge in [0.1, 0.15) is 17.3 Å². The van der Waals surface area contributed by atoms with Crippen molar-refractivity contribution in [2.24, 2.45) is 0 Å². The molecule has 0 atom stereocenters. The van der Waals surface area contributed by atoms with Crippen molar-refractivity contribution in [1.82, 2.24) is 5.32 Å². The zero-order valence-electron chi connectivity index (χ0n) is 19.1. The van der Waals surface area contributed by atoms with Crippen molar-refractivity contribution in [3.8, 4) is 11.5 Å². The van der Waals surface area contributed by atoms with Gasteiger partial charge in [-0.1, -0.05) is 0 Å². The van der Waals surface area contributed by atoms with Gasteiger partial charge >= 0.3 is 0 Å². The summed E-state index contributed by atoms with van der Waals surface area (Å²) in [6.45, 7) is 11.3. The number of hydrogen-bond donors (Lipinski definition) is 1. The van der Waals surface area contributed by atoms with Crippen LogP contribution in [0.3, 0.4) is 0 Å². The van der Waals surface area contributed by atoms with E-state index in [-0.39, 0.29) is 5.82 Å². The Morgan fingerprint density at radius 1 is 0.806 bits per heavy atom. The van der Waals surface area contributed by atoms with E-state index < -0.39 is 0 Å². The number of ether oxygens (including phenoxy) is 4. The predicted octanol–water partition coefficient (Wildman–Crippen LogP) is 3.59. The predicted molar refractivity (Wildman–Crippen MR) is 122 cm³/mol. The van der Waals surface area contributed by atoms with E-state index in [1.165, 1.54) is 23.4 Å². The van der Waals surface area contributed by atoms with Crippen molar-refractivity contribution in [1.29, 1.82) is 0 Å². The number of halogens is 1. The SMILES string of the molecule is C1COCCN1.COc1ccc(F)cc1C.COc1ccc(N2CCOCC2)cc1C. The lowest BCUT2D eigenvalue weighted by molar-refractivity contribution is 0.109.